The van der Waals surface area contributed by atoms with Gasteiger partial charge in [-0.1, -0.05) is 35.9 Å². The number of nitrogens with zero attached hydrogens (tertiary/aromatic N) is 3. The van der Waals surface area contributed by atoms with E-state index in [-0.39, 0.29) is 6.54 Å². The van der Waals surface area contributed by atoms with Crippen molar-refractivity contribution in [3.8, 4) is 5.69 Å². The minimum absolute atomic E-state index is 0.372. The molecule has 0 aliphatic rings. The second-order valence-corrected chi connectivity index (χ2v) is 10.3. The van der Waals surface area contributed by atoms with Crippen molar-refractivity contribution in [1.29, 1.82) is 0 Å². The van der Waals surface area contributed by atoms with Crippen LogP contribution in [0.5, 0.6) is 0 Å². The van der Waals surface area contributed by atoms with Crippen LogP contribution >= 0.6 is 11.6 Å². The largest absolute Gasteiger partial charge is 0.318 e. The van der Waals surface area contributed by atoms with Gasteiger partial charge in [0.05, 0.1) is 18.2 Å². The lowest BCUT2D eigenvalue weighted by Gasteiger charge is -2.25. The molecule has 0 fully saturated rings. The Morgan fingerprint density at radius 1 is 1.09 bits per heavy atom. The predicted octanol–water partition coefficient (Wildman–Crippen LogP) is 4.28. The molecule has 0 spiro atoms. The van der Waals surface area contributed by atoms with E-state index in [0.29, 0.717) is 10.7 Å². The summed E-state index contributed by atoms with van der Waals surface area (Å²) in [5, 5.41) is 4.70. The van der Waals surface area contributed by atoms with E-state index in [9.17, 15) is 13.2 Å². The third kappa shape index (κ3) is 5.64. The number of aromatic nitrogens is 1. The maximum atomic E-state index is 12.6. The SMILES string of the molecule is Cc1cccc(C)c1N(CC(=O)N/N=C/c1cc(C)n(-c2cccc(Cl)c2)c1C)S(C)(=O)=O. The second kappa shape index (κ2) is 9.80. The number of anilines is 1. The van der Waals surface area contributed by atoms with E-state index < -0.39 is 15.9 Å². The van der Waals surface area contributed by atoms with Crippen molar-refractivity contribution in [2.24, 2.45) is 5.10 Å². The molecule has 1 aromatic heterocycles. The van der Waals surface area contributed by atoms with Gasteiger partial charge in [0.15, 0.2) is 0 Å². The molecule has 0 atom stereocenters. The summed E-state index contributed by atoms with van der Waals surface area (Å²) < 4.78 is 28.0. The first-order chi connectivity index (χ1) is 15.5. The molecule has 7 nitrogen and oxygen atoms in total. The van der Waals surface area contributed by atoms with Gasteiger partial charge < -0.3 is 4.57 Å². The first-order valence-corrected chi connectivity index (χ1v) is 12.5. The molecule has 3 rings (SSSR count). The van der Waals surface area contributed by atoms with Crippen LogP contribution in [0.3, 0.4) is 0 Å². The van der Waals surface area contributed by atoms with E-state index in [4.69, 9.17) is 11.6 Å². The number of aryl methyl sites for hydroxylation is 3. The Morgan fingerprint density at radius 3 is 2.33 bits per heavy atom. The van der Waals surface area contributed by atoms with Crippen molar-refractivity contribution in [2.75, 3.05) is 17.1 Å². The van der Waals surface area contributed by atoms with Gasteiger partial charge in [0.1, 0.15) is 6.54 Å². The fraction of sp³-hybridized carbons (Fsp3) is 0.250. The first-order valence-electron chi connectivity index (χ1n) is 10.3. The average molecular weight is 487 g/mol. The molecule has 0 aliphatic carbocycles. The Bertz CT molecular complexity index is 1310. The van der Waals surface area contributed by atoms with Crippen LogP contribution in [0.2, 0.25) is 5.02 Å². The third-order valence-electron chi connectivity index (χ3n) is 5.31. The van der Waals surface area contributed by atoms with Crippen molar-refractivity contribution in [3.05, 3.63) is 81.6 Å². The number of carbonyl (C=O) groups excluding carboxylic acids is 1. The number of nitrogens with one attached hydrogen (secondary N) is 1. The van der Waals surface area contributed by atoms with E-state index in [1.54, 1.807) is 6.21 Å². The van der Waals surface area contributed by atoms with E-state index in [1.165, 1.54) is 0 Å². The number of benzene rings is 2. The number of sulfonamides is 1. The molecule has 0 radical (unpaired) electrons. The molecule has 1 amide bonds. The van der Waals surface area contributed by atoms with Crippen LogP contribution in [0.15, 0.2) is 53.6 Å². The molecule has 1 N–H and O–H groups in total. The summed E-state index contributed by atoms with van der Waals surface area (Å²) in [4.78, 5) is 12.6. The maximum Gasteiger partial charge on any atom is 0.260 e. The molecule has 0 bridgehead atoms. The minimum atomic E-state index is -3.67. The summed E-state index contributed by atoms with van der Waals surface area (Å²) in [6.45, 7) is 7.17. The highest BCUT2D eigenvalue weighted by Crippen LogP contribution is 2.26. The predicted molar refractivity (Wildman–Crippen MR) is 134 cm³/mol. The smallest absolute Gasteiger partial charge is 0.260 e. The van der Waals surface area contributed by atoms with E-state index >= 15 is 0 Å². The molecular formula is C24H27ClN4O3S. The number of amides is 1. The zero-order valence-electron chi connectivity index (χ0n) is 19.3. The lowest BCUT2D eigenvalue weighted by Crippen LogP contribution is -2.39. The van der Waals surface area contributed by atoms with Crippen molar-refractivity contribution in [2.45, 2.75) is 27.7 Å². The molecule has 0 unspecified atom stereocenters. The first kappa shape index (κ1) is 24.5. The van der Waals surface area contributed by atoms with Gasteiger partial charge in [0, 0.05) is 27.7 Å². The zero-order chi connectivity index (χ0) is 24.3. The molecule has 9 heteroatoms. The van der Waals surface area contributed by atoms with Gasteiger partial charge in [-0.2, -0.15) is 5.10 Å². The van der Waals surface area contributed by atoms with Gasteiger partial charge in [0.2, 0.25) is 10.0 Å². The highest BCUT2D eigenvalue weighted by molar-refractivity contribution is 7.92. The molecule has 3 aromatic rings. The number of hydrogen-bond acceptors (Lipinski definition) is 4. The normalized spacial score (nSPS) is 11.7. The Kier molecular flexibility index (Phi) is 7.29. The van der Waals surface area contributed by atoms with Crippen LogP contribution in [0.4, 0.5) is 5.69 Å². The molecule has 0 saturated heterocycles. The van der Waals surface area contributed by atoms with Gasteiger partial charge >= 0.3 is 0 Å². The van der Waals surface area contributed by atoms with Crippen molar-refractivity contribution >= 4 is 39.4 Å². The third-order valence-corrected chi connectivity index (χ3v) is 6.65. The van der Waals surface area contributed by atoms with Gasteiger partial charge in [-0.15, -0.1) is 0 Å². The quantitative estimate of drug-likeness (QED) is 0.399. The maximum absolute atomic E-state index is 12.6. The van der Waals surface area contributed by atoms with Crippen LogP contribution < -0.4 is 9.73 Å². The summed E-state index contributed by atoms with van der Waals surface area (Å²) in [6.07, 6.45) is 2.63. The molecule has 33 heavy (non-hydrogen) atoms. The van der Waals surface area contributed by atoms with Gasteiger partial charge in [0.25, 0.3) is 5.91 Å². The van der Waals surface area contributed by atoms with Crippen molar-refractivity contribution in [3.63, 3.8) is 0 Å². The van der Waals surface area contributed by atoms with Crippen LogP contribution in [-0.2, 0) is 14.8 Å². The molecule has 0 aliphatic heterocycles. The molecular weight excluding hydrogens is 460 g/mol. The second-order valence-electron chi connectivity index (χ2n) is 7.94. The molecule has 0 saturated carbocycles. The monoisotopic (exact) mass is 486 g/mol. The number of hydrazone groups is 1. The number of halogens is 1. The van der Waals surface area contributed by atoms with Crippen molar-refractivity contribution in [1.82, 2.24) is 9.99 Å². The Hall–Kier alpha value is -3.10. The number of carbonyl (C=O) groups is 1. The summed E-state index contributed by atoms with van der Waals surface area (Å²) in [5.74, 6) is -0.539. The van der Waals surface area contributed by atoms with Gasteiger partial charge in [-0.3, -0.25) is 9.10 Å². The number of para-hydroxylation sites is 1. The Morgan fingerprint density at radius 2 is 1.73 bits per heavy atom. The molecule has 174 valence electrons. The summed E-state index contributed by atoms with van der Waals surface area (Å²) in [6, 6.07) is 15.0. The topological polar surface area (TPSA) is 83.8 Å². The highest BCUT2D eigenvalue weighted by Gasteiger charge is 2.23. The number of rotatable bonds is 7. The highest BCUT2D eigenvalue weighted by atomic mass is 35.5. The fourth-order valence-corrected chi connectivity index (χ4v) is 4.99. The van der Waals surface area contributed by atoms with Crippen LogP contribution in [0.1, 0.15) is 28.1 Å². The Labute approximate surface area is 199 Å². The zero-order valence-corrected chi connectivity index (χ0v) is 20.8. The van der Waals surface area contributed by atoms with Gasteiger partial charge in [-0.25, -0.2) is 13.8 Å². The van der Waals surface area contributed by atoms with Crippen LogP contribution in [0.25, 0.3) is 5.69 Å². The van der Waals surface area contributed by atoms with E-state index in [0.717, 1.165) is 44.3 Å². The summed E-state index contributed by atoms with van der Waals surface area (Å²) in [5.41, 5.74) is 8.15. The lowest BCUT2D eigenvalue weighted by atomic mass is 10.1. The molecule has 1 heterocycles. The standard InChI is InChI=1S/C24H27ClN4O3S/c1-16-8-6-9-17(2)24(16)28(33(5,31)32)15-23(30)27-26-14-20-12-18(3)29(19(20)4)22-11-7-10-21(25)13-22/h6-14H,15H2,1-5H3,(H,27,30)/b26-14+. The number of hydrogen-bond donors (Lipinski definition) is 1. The lowest BCUT2D eigenvalue weighted by molar-refractivity contribution is -0.119. The Balaban J connectivity index is 1.78. The van der Waals surface area contributed by atoms with Gasteiger partial charge in [-0.05, 0) is 63.1 Å². The average Bonchev–Trinajstić information content (AvgIpc) is 2.99. The summed E-state index contributed by atoms with van der Waals surface area (Å²) >= 11 is 6.13. The summed E-state index contributed by atoms with van der Waals surface area (Å²) in [7, 11) is -3.67. The van der Waals surface area contributed by atoms with Crippen molar-refractivity contribution < 1.29 is 13.2 Å². The van der Waals surface area contributed by atoms with Crippen LogP contribution in [-0.4, -0.2) is 37.9 Å². The van der Waals surface area contributed by atoms with Crippen LogP contribution in [0, 0.1) is 27.7 Å². The minimum Gasteiger partial charge on any atom is -0.318 e. The van der Waals surface area contributed by atoms with E-state index in [2.05, 4.69) is 10.5 Å². The van der Waals surface area contributed by atoms with E-state index in [1.807, 2.05) is 80.8 Å². The fourth-order valence-electron chi connectivity index (χ4n) is 3.83. The molecule has 2 aromatic carbocycles.